The fraction of sp³-hybridized carbons (Fsp3) is 0.385. The predicted molar refractivity (Wildman–Crippen MR) is 71.0 cm³/mol. The van der Waals surface area contributed by atoms with E-state index in [0.717, 1.165) is 6.42 Å². The van der Waals surface area contributed by atoms with Gasteiger partial charge in [-0.25, -0.2) is 4.79 Å². The number of ether oxygens (including phenoxy) is 1. The van der Waals surface area contributed by atoms with Crippen molar-refractivity contribution >= 4 is 17.6 Å². The number of carboxylic acid groups (broad SMARTS) is 1. The van der Waals surface area contributed by atoms with E-state index in [-0.39, 0.29) is 11.4 Å². The zero-order valence-corrected chi connectivity index (χ0v) is 11.1. The van der Waals surface area contributed by atoms with Crippen molar-refractivity contribution in [2.75, 3.05) is 6.61 Å². The molecule has 0 unspecified atom stereocenters. The van der Waals surface area contributed by atoms with Gasteiger partial charge in [0.2, 0.25) is 0 Å². The van der Waals surface area contributed by atoms with Crippen LogP contribution in [0, 0.1) is 10.1 Å². The third-order valence-corrected chi connectivity index (χ3v) is 3.42. The SMILES string of the molecule is O=C(COc1ccccc1[N+](=O)[O-])NC1(C(=O)O)CCC1. The summed E-state index contributed by atoms with van der Waals surface area (Å²) in [5.74, 6) is -1.72. The number of hydrogen-bond acceptors (Lipinski definition) is 5. The molecule has 0 saturated heterocycles. The number of amides is 1. The van der Waals surface area contributed by atoms with Crippen molar-refractivity contribution in [3.63, 3.8) is 0 Å². The Hall–Kier alpha value is -2.64. The Labute approximate surface area is 119 Å². The molecule has 1 aromatic carbocycles. The van der Waals surface area contributed by atoms with Crippen molar-refractivity contribution in [1.29, 1.82) is 0 Å². The van der Waals surface area contributed by atoms with Crippen LogP contribution in [0.4, 0.5) is 5.69 Å². The lowest BCUT2D eigenvalue weighted by molar-refractivity contribution is -0.385. The number of nitro benzene ring substituents is 1. The van der Waals surface area contributed by atoms with Gasteiger partial charge in [0, 0.05) is 6.07 Å². The molecule has 112 valence electrons. The minimum Gasteiger partial charge on any atom is -0.480 e. The lowest BCUT2D eigenvalue weighted by Crippen LogP contribution is -2.59. The number of nitrogens with one attached hydrogen (secondary N) is 1. The number of aliphatic carboxylic acids is 1. The highest BCUT2D eigenvalue weighted by Crippen LogP contribution is 2.32. The third-order valence-electron chi connectivity index (χ3n) is 3.42. The first-order valence-corrected chi connectivity index (χ1v) is 6.35. The number of hydrogen-bond donors (Lipinski definition) is 2. The second-order valence-corrected chi connectivity index (χ2v) is 4.80. The highest BCUT2D eigenvalue weighted by Gasteiger charge is 2.45. The Kier molecular flexibility index (Phi) is 4.06. The number of para-hydroxylation sites is 2. The summed E-state index contributed by atoms with van der Waals surface area (Å²) < 4.78 is 5.11. The number of carboxylic acids is 1. The van der Waals surface area contributed by atoms with Gasteiger partial charge in [-0.3, -0.25) is 14.9 Å². The minimum atomic E-state index is -1.22. The molecule has 1 amide bonds. The van der Waals surface area contributed by atoms with E-state index in [1.807, 2.05) is 0 Å². The van der Waals surface area contributed by atoms with Gasteiger partial charge >= 0.3 is 11.7 Å². The van der Waals surface area contributed by atoms with E-state index in [1.165, 1.54) is 18.2 Å². The lowest BCUT2D eigenvalue weighted by Gasteiger charge is -2.38. The largest absolute Gasteiger partial charge is 0.480 e. The van der Waals surface area contributed by atoms with E-state index in [9.17, 15) is 19.7 Å². The van der Waals surface area contributed by atoms with Gasteiger partial charge in [0.05, 0.1) is 4.92 Å². The van der Waals surface area contributed by atoms with Crippen molar-refractivity contribution in [2.24, 2.45) is 0 Å². The molecule has 0 heterocycles. The molecule has 1 aliphatic rings. The zero-order chi connectivity index (χ0) is 15.5. The summed E-state index contributed by atoms with van der Waals surface area (Å²) >= 11 is 0. The van der Waals surface area contributed by atoms with Crippen molar-refractivity contribution in [3.05, 3.63) is 34.4 Å². The molecular formula is C13H14N2O6. The molecule has 1 fully saturated rings. The van der Waals surface area contributed by atoms with Gasteiger partial charge < -0.3 is 15.2 Å². The standard InChI is InChI=1S/C13H14N2O6/c16-11(14-13(12(17)18)6-3-7-13)8-21-10-5-2-1-4-9(10)15(19)20/h1-2,4-5H,3,6-8H2,(H,14,16)(H,17,18). The Morgan fingerprint density at radius 1 is 1.38 bits per heavy atom. The molecule has 8 nitrogen and oxygen atoms in total. The number of carbonyl (C=O) groups is 2. The van der Waals surface area contributed by atoms with E-state index in [1.54, 1.807) is 6.07 Å². The third kappa shape index (κ3) is 3.10. The highest BCUT2D eigenvalue weighted by atomic mass is 16.6. The number of benzene rings is 1. The predicted octanol–water partition coefficient (Wildman–Crippen LogP) is 1.10. The van der Waals surface area contributed by atoms with Gasteiger partial charge in [-0.1, -0.05) is 12.1 Å². The summed E-state index contributed by atoms with van der Waals surface area (Å²) in [5.41, 5.74) is -1.47. The first kappa shape index (κ1) is 14.8. The van der Waals surface area contributed by atoms with Gasteiger partial charge in [-0.05, 0) is 25.3 Å². The summed E-state index contributed by atoms with van der Waals surface area (Å²) in [5, 5.41) is 22.3. The molecule has 2 N–H and O–H groups in total. The van der Waals surface area contributed by atoms with Gasteiger partial charge in [-0.2, -0.15) is 0 Å². The van der Waals surface area contributed by atoms with E-state index in [4.69, 9.17) is 9.84 Å². The average Bonchev–Trinajstić information content (AvgIpc) is 2.40. The van der Waals surface area contributed by atoms with Gasteiger partial charge in [0.15, 0.2) is 12.4 Å². The Morgan fingerprint density at radius 2 is 2.05 bits per heavy atom. The first-order valence-electron chi connectivity index (χ1n) is 6.35. The molecule has 0 aliphatic heterocycles. The van der Waals surface area contributed by atoms with E-state index in [2.05, 4.69) is 5.32 Å². The maximum absolute atomic E-state index is 11.7. The van der Waals surface area contributed by atoms with Crippen LogP contribution in [0.2, 0.25) is 0 Å². The summed E-state index contributed by atoms with van der Waals surface area (Å²) in [6.45, 7) is -0.472. The Bertz CT molecular complexity index is 582. The summed E-state index contributed by atoms with van der Waals surface area (Å²) in [6.07, 6.45) is 1.48. The van der Waals surface area contributed by atoms with Crippen LogP contribution in [0.15, 0.2) is 24.3 Å². The second kappa shape index (κ2) is 5.78. The van der Waals surface area contributed by atoms with Crippen LogP contribution >= 0.6 is 0 Å². The molecular weight excluding hydrogens is 280 g/mol. The smallest absolute Gasteiger partial charge is 0.329 e. The maximum Gasteiger partial charge on any atom is 0.329 e. The lowest BCUT2D eigenvalue weighted by atomic mass is 9.77. The fourth-order valence-electron chi connectivity index (χ4n) is 2.10. The first-order chi connectivity index (χ1) is 9.94. The monoisotopic (exact) mass is 294 g/mol. The number of rotatable bonds is 6. The van der Waals surface area contributed by atoms with Gasteiger partial charge in [0.1, 0.15) is 5.54 Å². The molecule has 0 spiro atoms. The van der Waals surface area contributed by atoms with Crippen molar-refractivity contribution in [1.82, 2.24) is 5.32 Å². The highest BCUT2D eigenvalue weighted by molar-refractivity contribution is 5.88. The van der Waals surface area contributed by atoms with Crippen molar-refractivity contribution in [3.8, 4) is 5.75 Å². The van der Waals surface area contributed by atoms with Crippen LogP contribution in [-0.4, -0.2) is 34.1 Å². The van der Waals surface area contributed by atoms with Crippen LogP contribution in [0.3, 0.4) is 0 Å². The molecule has 0 aromatic heterocycles. The molecule has 0 atom stereocenters. The summed E-state index contributed by atoms with van der Waals surface area (Å²) in [4.78, 5) is 33.0. The average molecular weight is 294 g/mol. The molecule has 0 bridgehead atoms. The van der Waals surface area contributed by atoms with Crippen LogP contribution in [0.5, 0.6) is 5.75 Å². The molecule has 1 aromatic rings. The van der Waals surface area contributed by atoms with Crippen molar-refractivity contribution < 1.29 is 24.4 Å². The zero-order valence-electron chi connectivity index (χ0n) is 11.1. The van der Waals surface area contributed by atoms with Crippen LogP contribution in [0.25, 0.3) is 0 Å². The maximum atomic E-state index is 11.7. The number of carbonyl (C=O) groups excluding carboxylic acids is 1. The molecule has 1 aliphatic carbocycles. The van der Waals surface area contributed by atoms with E-state index < -0.39 is 28.9 Å². The molecule has 21 heavy (non-hydrogen) atoms. The minimum absolute atomic E-state index is 0.0318. The van der Waals surface area contributed by atoms with Crippen LogP contribution < -0.4 is 10.1 Å². The molecule has 8 heteroatoms. The molecule has 0 radical (unpaired) electrons. The van der Waals surface area contributed by atoms with E-state index >= 15 is 0 Å². The summed E-state index contributed by atoms with van der Waals surface area (Å²) in [7, 11) is 0. The normalized spacial score (nSPS) is 15.6. The van der Waals surface area contributed by atoms with Crippen LogP contribution in [-0.2, 0) is 9.59 Å². The second-order valence-electron chi connectivity index (χ2n) is 4.80. The molecule has 2 rings (SSSR count). The summed E-state index contributed by atoms with van der Waals surface area (Å²) in [6, 6.07) is 5.67. The van der Waals surface area contributed by atoms with Gasteiger partial charge in [-0.15, -0.1) is 0 Å². The number of nitro groups is 1. The van der Waals surface area contributed by atoms with Gasteiger partial charge in [0.25, 0.3) is 5.91 Å². The quantitative estimate of drug-likeness (QED) is 0.599. The number of nitrogens with zero attached hydrogens (tertiary/aromatic N) is 1. The Balaban J connectivity index is 1.96. The molecule has 1 saturated carbocycles. The Morgan fingerprint density at radius 3 is 2.57 bits per heavy atom. The topological polar surface area (TPSA) is 119 Å². The van der Waals surface area contributed by atoms with Crippen LogP contribution in [0.1, 0.15) is 19.3 Å². The van der Waals surface area contributed by atoms with Crippen molar-refractivity contribution in [2.45, 2.75) is 24.8 Å². The van der Waals surface area contributed by atoms with E-state index in [0.29, 0.717) is 12.8 Å². The fourth-order valence-corrected chi connectivity index (χ4v) is 2.10.